The number of hydrogen-bond donors (Lipinski definition) is 1. The zero-order chi connectivity index (χ0) is 23.8. The minimum atomic E-state index is -0.494. The second kappa shape index (κ2) is 11.8. The largest absolute Gasteiger partial charge is 0.415 e. The molecule has 0 saturated carbocycles. The Morgan fingerprint density at radius 1 is 1.36 bits per heavy atom. The number of carbonyl (C=O) groups excluding carboxylic acids is 2. The third kappa shape index (κ3) is 6.75. The van der Waals surface area contributed by atoms with Crippen molar-refractivity contribution in [2.24, 2.45) is 5.92 Å². The van der Waals surface area contributed by atoms with Crippen LogP contribution >= 0.6 is 0 Å². The fourth-order valence-electron chi connectivity index (χ4n) is 3.76. The molecule has 33 heavy (non-hydrogen) atoms. The molecule has 3 atom stereocenters. The van der Waals surface area contributed by atoms with Crippen molar-refractivity contribution >= 4 is 12.0 Å². The highest BCUT2D eigenvalue weighted by molar-refractivity contribution is 5.76. The Morgan fingerprint density at radius 3 is 2.85 bits per heavy atom. The summed E-state index contributed by atoms with van der Waals surface area (Å²) in [6, 6.07) is 8.56. The number of ether oxygens (including phenoxy) is 2. The van der Waals surface area contributed by atoms with Crippen LogP contribution in [-0.2, 0) is 22.7 Å². The van der Waals surface area contributed by atoms with E-state index in [4.69, 9.17) is 9.47 Å². The summed E-state index contributed by atoms with van der Waals surface area (Å²) < 4.78 is 13.4. The molecule has 1 aromatic heterocycles. The number of rotatable bonds is 5. The third-order valence-corrected chi connectivity index (χ3v) is 5.85. The monoisotopic (exact) mass is 459 g/mol. The maximum absolute atomic E-state index is 12.9. The van der Waals surface area contributed by atoms with E-state index in [1.165, 1.54) is 4.90 Å². The summed E-state index contributed by atoms with van der Waals surface area (Å²) in [5, 5.41) is 17.8. The fourth-order valence-corrected chi connectivity index (χ4v) is 3.76. The Kier molecular flexibility index (Phi) is 8.79. The number of aliphatic hydroxyl groups is 1. The summed E-state index contributed by atoms with van der Waals surface area (Å²) in [5.74, 6) is 0.324. The number of aryl methyl sites for hydroxylation is 1. The topological polar surface area (TPSA) is 110 Å². The summed E-state index contributed by atoms with van der Waals surface area (Å²) in [7, 11) is 1.66. The normalized spacial score (nSPS) is 20.8. The van der Waals surface area contributed by atoms with Gasteiger partial charge in [0.25, 0.3) is 0 Å². The van der Waals surface area contributed by atoms with E-state index in [-0.39, 0.29) is 43.7 Å². The quantitative estimate of drug-likeness (QED) is 0.727. The summed E-state index contributed by atoms with van der Waals surface area (Å²) in [4.78, 5) is 28.7. The first-order valence-electron chi connectivity index (χ1n) is 11.3. The Hall–Kier alpha value is -2.98. The molecule has 1 aliphatic heterocycles. The molecule has 1 aromatic carbocycles. The molecule has 0 unspecified atom stereocenters. The Balaban J connectivity index is 1.76. The van der Waals surface area contributed by atoms with Crippen LogP contribution < -0.4 is 4.74 Å². The molecular weight excluding hydrogens is 426 g/mol. The van der Waals surface area contributed by atoms with Crippen LogP contribution in [0.1, 0.15) is 32.4 Å². The molecular formula is C23H33N5O5. The SMILES string of the molecule is C[C@@H]1CN([C@H](C)CO)C(=O)CCCn2nncc2CO[C@@H]1CN(C)C(=O)Oc1ccccc1. The first kappa shape index (κ1) is 24.7. The van der Waals surface area contributed by atoms with Crippen LogP contribution in [0.3, 0.4) is 0 Å². The van der Waals surface area contributed by atoms with Crippen molar-refractivity contribution in [3.63, 3.8) is 0 Å². The lowest BCUT2D eigenvalue weighted by Gasteiger charge is -2.35. The number of aliphatic hydroxyl groups excluding tert-OH is 1. The molecule has 2 heterocycles. The van der Waals surface area contributed by atoms with Crippen LogP contribution in [0.4, 0.5) is 4.79 Å². The molecule has 0 radical (unpaired) electrons. The molecule has 0 bridgehead atoms. The molecule has 10 heteroatoms. The van der Waals surface area contributed by atoms with E-state index >= 15 is 0 Å². The molecule has 1 N–H and O–H groups in total. The van der Waals surface area contributed by atoms with Gasteiger partial charge in [-0.2, -0.15) is 0 Å². The van der Waals surface area contributed by atoms with E-state index in [1.807, 2.05) is 19.9 Å². The lowest BCUT2D eigenvalue weighted by Crippen LogP contribution is -2.48. The zero-order valence-electron chi connectivity index (χ0n) is 19.5. The highest BCUT2D eigenvalue weighted by Gasteiger charge is 2.29. The van der Waals surface area contributed by atoms with Crippen LogP contribution in [0.5, 0.6) is 5.75 Å². The van der Waals surface area contributed by atoms with Gasteiger partial charge in [0, 0.05) is 32.5 Å². The van der Waals surface area contributed by atoms with E-state index in [0.717, 1.165) is 5.69 Å². The van der Waals surface area contributed by atoms with Crippen molar-refractivity contribution < 1.29 is 24.2 Å². The van der Waals surface area contributed by atoms with Crippen LogP contribution in [0, 0.1) is 5.92 Å². The molecule has 1 aliphatic rings. The van der Waals surface area contributed by atoms with Gasteiger partial charge in [-0.05, 0) is 25.5 Å². The van der Waals surface area contributed by atoms with Gasteiger partial charge in [-0.25, -0.2) is 9.48 Å². The Morgan fingerprint density at radius 2 is 2.12 bits per heavy atom. The highest BCUT2D eigenvalue weighted by Crippen LogP contribution is 2.19. The molecule has 0 fully saturated rings. The number of fused-ring (bicyclic) bond motifs is 1. The molecule has 180 valence electrons. The van der Waals surface area contributed by atoms with Crippen molar-refractivity contribution in [3.8, 4) is 5.75 Å². The van der Waals surface area contributed by atoms with Crippen molar-refractivity contribution in [3.05, 3.63) is 42.2 Å². The number of hydrogen-bond acceptors (Lipinski definition) is 7. The molecule has 2 aromatic rings. The van der Waals surface area contributed by atoms with Gasteiger partial charge in [-0.3, -0.25) is 4.79 Å². The van der Waals surface area contributed by atoms with Crippen molar-refractivity contribution in [2.45, 2.75) is 52.0 Å². The van der Waals surface area contributed by atoms with Crippen molar-refractivity contribution in [2.75, 3.05) is 26.7 Å². The summed E-state index contributed by atoms with van der Waals surface area (Å²) in [5.41, 5.74) is 0.815. The van der Waals surface area contributed by atoms with Gasteiger partial charge in [-0.1, -0.05) is 30.3 Å². The van der Waals surface area contributed by atoms with Gasteiger partial charge in [0.05, 0.1) is 43.8 Å². The minimum Gasteiger partial charge on any atom is -0.410 e. The number of likely N-dealkylation sites (N-methyl/N-ethyl adjacent to an activating group) is 1. The molecule has 2 amide bonds. The van der Waals surface area contributed by atoms with Crippen molar-refractivity contribution in [1.82, 2.24) is 24.8 Å². The number of nitrogens with zero attached hydrogens (tertiary/aromatic N) is 5. The number of aromatic nitrogens is 3. The number of carbonyl (C=O) groups is 2. The van der Waals surface area contributed by atoms with Crippen LogP contribution in [0.15, 0.2) is 36.5 Å². The predicted molar refractivity (Wildman–Crippen MR) is 120 cm³/mol. The van der Waals surface area contributed by atoms with E-state index in [0.29, 0.717) is 31.7 Å². The minimum absolute atomic E-state index is 0.0266. The maximum atomic E-state index is 12.9. The van der Waals surface area contributed by atoms with Crippen LogP contribution in [0.2, 0.25) is 0 Å². The zero-order valence-corrected chi connectivity index (χ0v) is 19.5. The van der Waals surface area contributed by atoms with Crippen LogP contribution in [0.25, 0.3) is 0 Å². The Labute approximate surface area is 194 Å². The van der Waals surface area contributed by atoms with Crippen molar-refractivity contribution in [1.29, 1.82) is 0 Å². The lowest BCUT2D eigenvalue weighted by molar-refractivity contribution is -0.136. The van der Waals surface area contributed by atoms with Gasteiger partial charge >= 0.3 is 6.09 Å². The van der Waals surface area contributed by atoms with Gasteiger partial charge in [0.15, 0.2) is 0 Å². The summed E-state index contributed by atoms with van der Waals surface area (Å²) in [6.45, 7) is 5.19. The van der Waals surface area contributed by atoms with E-state index in [2.05, 4.69) is 10.3 Å². The molecule has 0 saturated heterocycles. The second-order valence-electron chi connectivity index (χ2n) is 8.52. The van der Waals surface area contributed by atoms with E-state index in [9.17, 15) is 14.7 Å². The summed E-state index contributed by atoms with van der Waals surface area (Å²) in [6.07, 6.45) is 1.75. The molecule has 0 aliphatic carbocycles. The number of para-hydroxylation sites is 1. The first-order chi connectivity index (χ1) is 15.9. The Bertz CT molecular complexity index is 906. The molecule has 3 rings (SSSR count). The van der Waals surface area contributed by atoms with E-state index < -0.39 is 6.09 Å². The molecule has 10 nitrogen and oxygen atoms in total. The molecule has 0 spiro atoms. The van der Waals surface area contributed by atoms with Gasteiger partial charge < -0.3 is 24.4 Å². The van der Waals surface area contributed by atoms with Crippen LogP contribution in [-0.4, -0.2) is 80.8 Å². The third-order valence-electron chi connectivity index (χ3n) is 5.85. The lowest BCUT2D eigenvalue weighted by atomic mass is 10.0. The van der Waals surface area contributed by atoms with Gasteiger partial charge in [-0.15, -0.1) is 5.10 Å². The first-order valence-corrected chi connectivity index (χ1v) is 11.3. The summed E-state index contributed by atoms with van der Waals surface area (Å²) >= 11 is 0. The second-order valence-corrected chi connectivity index (χ2v) is 8.52. The average Bonchev–Trinajstić information content (AvgIpc) is 3.26. The van der Waals surface area contributed by atoms with Gasteiger partial charge in [0.1, 0.15) is 5.75 Å². The van der Waals surface area contributed by atoms with E-state index in [1.54, 1.807) is 47.1 Å². The van der Waals surface area contributed by atoms with Gasteiger partial charge in [0.2, 0.25) is 5.91 Å². The number of amides is 2. The number of benzene rings is 1. The average molecular weight is 460 g/mol. The maximum Gasteiger partial charge on any atom is 0.415 e. The predicted octanol–water partition coefficient (Wildman–Crippen LogP) is 1.93. The highest BCUT2D eigenvalue weighted by atomic mass is 16.6. The fraction of sp³-hybridized carbons (Fsp3) is 0.565. The smallest absolute Gasteiger partial charge is 0.410 e. The standard InChI is InChI=1S/C23H33N5O5/c1-17-13-27(18(2)15-29)22(30)10-7-11-28-19(12-24-25-28)16-32-21(17)14-26(3)23(31)33-20-8-5-4-6-9-20/h4-6,8-9,12,17-18,21,29H,7,10-11,13-16H2,1-3H3/t17-,18-,21-/m1/s1.